The van der Waals surface area contributed by atoms with Crippen molar-refractivity contribution in [3.8, 4) is 28.4 Å². The van der Waals surface area contributed by atoms with Crippen LogP contribution in [0.5, 0.6) is 17.2 Å². The van der Waals surface area contributed by atoms with Crippen LogP contribution in [0.2, 0.25) is 0 Å². The number of hydrogen-bond acceptors (Lipinski definition) is 8. The lowest BCUT2D eigenvalue weighted by molar-refractivity contribution is -0.142. The minimum Gasteiger partial charge on any atom is -0.492 e. The average molecular weight is 547 g/mol. The Morgan fingerprint density at radius 2 is 1.82 bits per heavy atom. The molecule has 210 valence electrons. The standard InChI is InChI=1S/C32H34O8/c1-20-13-26(18-36-20)40-32-28(22-7-5-4-6-8-22)11-9-23(16-37-21(2)33)29(32)19-38-25-10-12-27-24(14-31(34)35-3)17-39-30(27)15-25/h4-12,15,20,24,26H,13-14,16-19H2,1-3H3/t20-,24+,26+/m0/s1. The first-order chi connectivity index (χ1) is 19.4. The number of benzene rings is 3. The van der Waals surface area contributed by atoms with Crippen molar-refractivity contribution in [1.29, 1.82) is 0 Å². The first-order valence-electron chi connectivity index (χ1n) is 13.5. The minimum atomic E-state index is -0.364. The topological polar surface area (TPSA) is 89.5 Å². The number of methoxy groups -OCH3 is 1. The Bertz CT molecular complexity index is 1350. The number of fused-ring (bicyclic) bond motifs is 1. The third kappa shape index (κ3) is 6.39. The summed E-state index contributed by atoms with van der Waals surface area (Å²) in [5.41, 5.74) is 4.49. The van der Waals surface area contributed by atoms with E-state index in [0.29, 0.717) is 30.5 Å². The average Bonchev–Trinajstić information content (AvgIpc) is 3.56. The van der Waals surface area contributed by atoms with Crippen LogP contribution in [0.3, 0.4) is 0 Å². The normalized spacial score (nSPS) is 19.4. The van der Waals surface area contributed by atoms with Gasteiger partial charge in [0, 0.05) is 42.0 Å². The molecule has 0 radical (unpaired) electrons. The van der Waals surface area contributed by atoms with Crippen LogP contribution in [0.4, 0.5) is 0 Å². The molecule has 0 bridgehead atoms. The van der Waals surface area contributed by atoms with Gasteiger partial charge in [0.05, 0.1) is 32.8 Å². The van der Waals surface area contributed by atoms with E-state index < -0.39 is 0 Å². The fourth-order valence-corrected chi connectivity index (χ4v) is 5.10. The van der Waals surface area contributed by atoms with E-state index in [-0.39, 0.29) is 49.7 Å². The molecule has 3 aromatic carbocycles. The number of rotatable bonds is 10. The van der Waals surface area contributed by atoms with Gasteiger partial charge in [0.2, 0.25) is 0 Å². The van der Waals surface area contributed by atoms with Crippen LogP contribution in [0.25, 0.3) is 11.1 Å². The van der Waals surface area contributed by atoms with E-state index in [9.17, 15) is 9.59 Å². The molecule has 2 aliphatic rings. The van der Waals surface area contributed by atoms with Crippen LogP contribution >= 0.6 is 0 Å². The second kappa shape index (κ2) is 12.4. The van der Waals surface area contributed by atoms with Gasteiger partial charge in [-0.2, -0.15) is 0 Å². The van der Waals surface area contributed by atoms with E-state index in [2.05, 4.69) is 0 Å². The summed E-state index contributed by atoms with van der Waals surface area (Å²) < 4.78 is 34.8. The minimum absolute atomic E-state index is 0.0505. The highest BCUT2D eigenvalue weighted by molar-refractivity contribution is 5.74. The third-order valence-electron chi connectivity index (χ3n) is 7.21. The van der Waals surface area contributed by atoms with Crippen molar-refractivity contribution >= 4 is 11.9 Å². The van der Waals surface area contributed by atoms with Crippen LogP contribution in [-0.4, -0.2) is 44.5 Å². The number of carbonyl (C=O) groups is 2. The Labute approximate surface area is 234 Å². The van der Waals surface area contributed by atoms with Gasteiger partial charge in [-0.15, -0.1) is 0 Å². The Kier molecular flexibility index (Phi) is 8.55. The van der Waals surface area contributed by atoms with Gasteiger partial charge in [0.25, 0.3) is 0 Å². The van der Waals surface area contributed by atoms with Crippen LogP contribution in [-0.2, 0) is 37.0 Å². The maximum atomic E-state index is 11.8. The maximum Gasteiger partial charge on any atom is 0.306 e. The molecule has 1 fully saturated rings. The van der Waals surface area contributed by atoms with E-state index in [0.717, 1.165) is 34.2 Å². The van der Waals surface area contributed by atoms with Gasteiger partial charge in [-0.1, -0.05) is 48.5 Å². The van der Waals surface area contributed by atoms with Crippen LogP contribution in [0.1, 0.15) is 49.3 Å². The summed E-state index contributed by atoms with van der Waals surface area (Å²) in [6.45, 7) is 4.62. The number of hydrogen-bond donors (Lipinski definition) is 0. The lowest BCUT2D eigenvalue weighted by Gasteiger charge is -2.22. The zero-order valence-corrected chi connectivity index (χ0v) is 23.0. The summed E-state index contributed by atoms with van der Waals surface area (Å²) in [5, 5.41) is 0. The van der Waals surface area contributed by atoms with Gasteiger partial charge in [-0.05, 0) is 24.1 Å². The van der Waals surface area contributed by atoms with Crippen molar-refractivity contribution in [3.63, 3.8) is 0 Å². The molecule has 0 unspecified atom stereocenters. The quantitative estimate of drug-likeness (QED) is 0.304. The Morgan fingerprint density at radius 3 is 2.55 bits per heavy atom. The molecule has 3 aromatic rings. The molecule has 3 atom stereocenters. The molecule has 0 aromatic heterocycles. The molecule has 0 saturated carbocycles. The van der Waals surface area contributed by atoms with Crippen molar-refractivity contribution in [2.45, 2.75) is 58.0 Å². The maximum absolute atomic E-state index is 11.8. The monoisotopic (exact) mass is 546 g/mol. The van der Waals surface area contributed by atoms with Crippen molar-refractivity contribution in [2.75, 3.05) is 20.3 Å². The fourth-order valence-electron chi connectivity index (χ4n) is 5.10. The lowest BCUT2D eigenvalue weighted by Crippen LogP contribution is -2.19. The van der Waals surface area contributed by atoms with Gasteiger partial charge in [-0.3, -0.25) is 9.59 Å². The second-order valence-corrected chi connectivity index (χ2v) is 10.1. The molecule has 40 heavy (non-hydrogen) atoms. The predicted molar refractivity (Wildman–Crippen MR) is 147 cm³/mol. The summed E-state index contributed by atoms with van der Waals surface area (Å²) in [5.74, 6) is 1.31. The Morgan fingerprint density at radius 1 is 1.00 bits per heavy atom. The predicted octanol–water partition coefficient (Wildman–Crippen LogP) is 5.59. The van der Waals surface area contributed by atoms with Gasteiger partial charge in [-0.25, -0.2) is 0 Å². The molecule has 8 heteroatoms. The van der Waals surface area contributed by atoms with Gasteiger partial charge < -0.3 is 28.4 Å². The van der Waals surface area contributed by atoms with Crippen molar-refractivity contribution in [1.82, 2.24) is 0 Å². The van der Waals surface area contributed by atoms with Gasteiger partial charge in [0.1, 0.15) is 36.6 Å². The molecule has 5 rings (SSSR count). The number of carbonyl (C=O) groups excluding carboxylic acids is 2. The van der Waals surface area contributed by atoms with E-state index in [1.54, 1.807) is 0 Å². The first-order valence-corrected chi connectivity index (χ1v) is 13.5. The van der Waals surface area contributed by atoms with Crippen LogP contribution in [0.15, 0.2) is 60.7 Å². The second-order valence-electron chi connectivity index (χ2n) is 10.1. The molecular formula is C32H34O8. The van der Waals surface area contributed by atoms with Crippen molar-refractivity contribution in [2.24, 2.45) is 0 Å². The zero-order chi connectivity index (χ0) is 28.1. The molecule has 0 spiro atoms. The summed E-state index contributed by atoms with van der Waals surface area (Å²) in [6, 6.07) is 19.6. The van der Waals surface area contributed by atoms with Gasteiger partial charge in [0.15, 0.2) is 0 Å². The smallest absolute Gasteiger partial charge is 0.306 e. The van der Waals surface area contributed by atoms with Crippen molar-refractivity contribution < 1.29 is 38.0 Å². The molecule has 8 nitrogen and oxygen atoms in total. The SMILES string of the molecule is COC(=O)C[C@@H]1COc2cc(OCc3c(COC(C)=O)ccc(-c4ccccc4)c3O[C@H]3CO[C@@H](C)C3)ccc21. The zero-order valence-electron chi connectivity index (χ0n) is 23.0. The molecule has 2 heterocycles. The van der Waals surface area contributed by atoms with E-state index in [1.165, 1.54) is 14.0 Å². The lowest BCUT2D eigenvalue weighted by atomic mass is 9.97. The highest BCUT2D eigenvalue weighted by Crippen LogP contribution is 2.41. The first kappa shape index (κ1) is 27.5. The number of esters is 2. The number of ether oxygens (including phenoxy) is 6. The van der Waals surface area contributed by atoms with E-state index in [1.807, 2.05) is 67.6 Å². The third-order valence-corrected chi connectivity index (χ3v) is 7.21. The van der Waals surface area contributed by atoms with E-state index >= 15 is 0 Å². The summed E-state index contributed by atoms with van der Waals surface area (Å²) in [4.78, 5) is 23.5. The van der Waals surface area contributed by atoms with E-state index in [4.69, 9.17) is 28.4 Å². The summed E-state index contributed by atoms with van der Waals surface area (Å²) in [7, 11) is 1.39. The molecule has 0 N–H and O–H groups in total. The summed E-state index contributed by atoms with van der Waals surface area (Å²) in [6.07, 6.45) is 1.04. The molecule has 0 aliphatic carbocycles. The highest BCUT2D eigenvalue weighted by Gasteiger charge is 2.29. The fraction of sp³-hybridized carbons (Fsp3) is 0.375. The molecule has 0 amide bonds. The van der Waals surface area contributed by atoms with Gasteiger partial charge >= 0.3 is 11.9 Å². The Hall–Kier alpha value is -4.04. The summed E-state index contributed by atoms with van der Waals surface area (Å²) >= 11 is 0. The highest BCUT2D eigenvalue weighted by atomic mass is 16.6. The molecular weight excluding hydrogens is 512 g/mol. The molecule has 1 saturated heterocycles. The van der Waals surface area contributed by atoms with Crippen LogP contribution in [0, 0.1) is 0 Å². The largest absolute Gasteiger partial charge is 0.492 e. The van der Waals surface area contributed by atoms with Crippen LogP contribution < -0.4 is 14.2 Å². The Balaban J connectivity index is 1.46. The molecule has 2 aliphatic heterocycles. The van der Waals surface area contributed by atoms with Crippen molar-refractivity contribution in [3.05, 3.63) is 77.4 Å².